The summed E-state index contributed by atoms with van der Waals surface area (Å²) in [4.78, 5) is 4.16. The van der Waals surface area contributed by atoms with Crippen molar-refractivity contribution in [1.82, 2.24) is 9.29 Å². The molecule has 1 aliphatic rings. The van der Waals surface area contributed by atoms with Crippen molar-refractivity contribution in [2.24, 2.45) is 5.73 Å². The minimum Gasteiger partial charge on any atom is -0.329 e. The highest BCUT2D eigenvalue weighted by Crippen LogP contribution is 2.27. The van der Waals surface area contributed by atoms with Crippen molar-refractivity contribution >= 4 is 10.0 Å². The molecule has 0 aliphatic heterocycles. The number of hydrogen-bond acceptors (Lipinski definition) is 4. The molecule has 5 nitrogen and oxygen atoms in total. The molecule has 0 atom stereocenters. The summed E-state index contributed by atoms with van der Waals surface area (Å²) < 4.78 is 26.3. The maximum absolute atomic E-state index is 12.4. The van der Waals surface area contributed by atoms with E-state index in [1.165, 1.54) is 0 Å². The van der Waals surface area contributed by atoms with Crippen molar-refractivity contribution in [3.05, 3.63) is 30.1 Å². The second-order valence-corrected chi connectivity index (χ2v) is 6.91. The molecule has 0 saturated heterocycles. The molecule has 0 radical (unpaired) electrons. The molecule has 6 heteroatoms. The molecule has 1 aliphatic carbocycles. The van der Waals surface area contributed by atoms with Crippen LogP contribution in [0.25, 0.3) is 0 Å². The van der Waals surface area contributed by atoms with Crippen molar-refractivity contribution in [2.45, 2.75) is 31.7 Å². The number of aromatic nitrogens is 1. The lowest BCUT2D eigenvalue weighted by Crippen LogP contribution is -2.47. The van der Waals surface area contributed by atoms with Gasteiger partial charge in [0.05, 0.1) is 5.75 Å². The molecule has 1 fully saturated rings. The van der Waals surface area contributed by atoms with Crippen LogP contribution in [0.4, 0.5) is 0 Å². The van der Waals surface area contributed by atoms with Gasteiger partial charge in [-0.2, -0.15) is 4.31 Å². The molecule has 1 aromatic heterocycles. The summed E-state index contributed by atoms with van der Waals surface area (Å²) in [5.74, 6) is 0.112. The third-order valence-corrected chi connectivity index (χ3v) is 5.45. The molecule has 0 spiro atoms. The van der Waals surface area contributed by atoms with Gasteiger partial charge in [-0.3, -0.25) is 4.98 Å². The first kappa shape index (κ1) is 14.4. The Morgan fingerprint density at radius 2 is 2.16 bits per heavy atom. The van der Waals surface area contributed by atoms with Crippen LogP contribution in [-0.4, -0.2) is 42.6 Å². The fourth-order valence-corrected chi connectivity index (χ4v) is 4.00. The molecule has 0 aromatic carbocycles. The van der Waals surface area contributed by atoms with Gasteiger partial charge >= 0.3 is 0 Å². The fraction of sp³-hybridized carbons (Fsp3) is 0.615. The smallest absolute Gasteiger partial charge is 0.214 e. The Bertz CT molecular complexity index is 486. The Balaban J connectivity index is 1.99. The van der Waals surface area contributed by atoms with E-state index >= 15 is 0 Å². The third-order valence-electron chi connectivity index (χ3n) is 3.53. The average molecular weight is 283 g/mol. The number of nitrogens with two attached hydrogens (primary N) is 1. The Labute approximate surface area is 114 Å². The van der Waals surface area contributed by atoms with E-state index in [2.05, 4.69) is 4.98 Å². The van der Waals surface area contributed by atoms with Crippen molar-refractivity contribution in [3.63, 3.8) is 0 Å². The van der Waals surface area contributed by atoms with Crippen molar-refractivity contribution in [3.8, 4) is 0 Å². The lowest BCUT2D eigenvalue weighted by atomic mass is 9.93. The molecule has 0 bridgehead atoms. The van der Waals surface area contributed by atoms with E-state index in [0.29, 0.717) is 19.5 Å². The molecular formula is C13H21N3O2S. The number of nitrogens with zero attached hydrogens (tertiary/aromatic N) is 2. The molecular weight excluding hydrogens is 262 g/mol. The molecule has 1 heterocycles. The Kier molecular flexibility index (Phi) is 4.90. The van der Waals surface area contributed by atoms with E-state index in [1.54, 1.807) is 10.5 Å². The first-order valence-corrected chi connectivity index (χ1v) is 8.34. The second-order valence-electron chi connectivity index (χ2n) is 4.87. The monoisotopic (exact) mass is 283 g/mol. The largest absolute Gasteiger partial charge is 0.329 e. The maximum atomic E-state index is 12.4. The molecule has 1 saturated carbocycles. The maximum Gasteiger partial charge on any atom is 0.214 e. The summed E-state index contributed by atoms with van der Waals surface area (Å²) in [6, 6.07) is 5.72. The van der Waals surface area contributed by atoms with Crippen LogP contribution in [0.2, 0.25) is 0 Å². The molecule has 2 rings (SSSR count). The highest BCUT2D eigenvalue weighted by Gasteiger charge is 2.32. The van der Waals surface area contributed by atoms with Gasteiger partial charge in [0.25, 0.3) is 0 Å². The van der Waals surface area contributed by atoms with Crippen LogP contribution in [0.5, 0.6) is 0 Å². The number of sulfonamides is 1. The lowest BCUT2D eigenvalue weighted by molar-refractivity contribution is 0.223. The zero-order chi connectivity index (χ0) is 13.7. The van der Waals surface area contributed by atoms with Gasteiger partial charge in [-0.25, -0.2) is 8.42 Å². The topological polar surface area (TPSA) is 76.3 Å². The second kappa shape index (κ2) is 6.45. The first-order valence-electron chi connectivity index (χ1n) is 6.73. The van der Waals surface area contributed by atoms with Crippen LogP contribution in [0.15, 0.2) is 24.4 Å². The minimum absolute atomic E-state index is 0.112. The van der Waals surface area contributed by atoms with Crippen LogP contribution in [0.3, 0.4) is 0 Å². The number of hydrogen-bond donors (Lipinski definition) is 1. The summed E-state index contributed by atoms with van der Waals surface area (Å²) >= 11 is 0. The molecule has 19 heavy (non-hydrogen) atoms. The lowest BCUT2D eigenvalue weighted by Gasteiger charge is -2.36. The number of rotatable bonds is 7. The summed E-state index contributed by atoms with van der Waals surface area (Å²) in [6.07, 6.45) is 5.18. The summed E-state index contributed by atoms with van der Waals surface area (Å²) in [5.41, 5.74) is 6.34. The van der Waals surface area contributed by atoms with E-state index in [0.717, 1.165) is 25.0 Å². The predicted octanol–water partition coefficient (Wildman–Crippen LogP) is 0.767. The van der Waals surface area contributed by atoms with Crippen LogP contribution >= 0.6 is 0 Å². The zero-order valence-corrected chi connectivity index (χ0v) is 11.8. The van der Waals surface area contributed by atoms with Crippen LogP contribution in [0, 0.1) is 0 Å². The zero-order valence-electron chi connectivity index (χ0n) is 11.0. The van der Waals surface area contributed by atoms with Gasteiger partial charge in [-0.1, -0.05) is 12.5 Å². The third kappa shape index (κ3) is 3.75. The summed E-state index contributed by atoms with van der Waals surface area (Å²) in [5, 5.41) is 0. The van der Waals surface area contributed by atoms with Gasteiger partial charge in [0, 0.05) is 37.4 Å². The molecule has 0 unspecified atom stereocenters. The molecule has 0 amide bonds. The van der Waals surface area contributed by atoms with Gasteiger partial charge < -0.3 is 5.73 Å². The normalized spacial score (nSPS) is 16.5. The van der Waals surface area contributed by atoms with Crippen molar-refractivity contribution < 1.29 is 8.42 Å². The Morgan fingerprint density at radius 1 is 1.37 bits per heavy atom. The standard InChI is InChI=1S/C13H21N3O2S/c14-8-10-16(13-5-3-6-13)19(17,18)11-7-12-4-1-2-9-15-12/h1-2,4,9,13H,3,5-8,10-11,14H2. The highest BCUT2D eigenvalue weighted by atomic mass is 32.2. The predicted molar refractivity (Wildman–Crippen MR) is 75.1 cm³/mol. The fourth-order valence-electron chi connectivity index (χ4n) is 2.25. The SMILES string of the molecule is NCCN(C1CCC1)S(=O)(=O)CCc1ccccn1. The first-order chi connectivity index (χ1) is 9.13. The summed E-state index contributed by atoms with van der Waals surface area (Å²) in [7, 11) is -3.23. The van der Waals surface area contributed by atoms with E-state index in [-0.39, 0.29) is 11.8 Å². The number of aryl methyl sites for hydroxylation is 1. The van der Waals surface area contributed by atoms with E-state index in [1.807, 2.05) is 18.2 Å². The molecule has 1 aromatic rings. The van der Waals surface area contributed by atoms with Crippen molar-refractivity contribution in [2.75, 3.05) is 18.8 Å². The van der Waals surface area contributed by atoms with Crippen molar-refractivity contribution in [1.29, 1.82) is 0 Å². The van der Waals surface area contributed by atoms with Crippen LogP contribution in [0.1, 0.15) is 25.0 Å². The Hall–Kier alpha value is -0.980. The Morgan fingerprint density at radius 3 is 2.68 bits per heavy atom. The highest BCUT2D eigenvalue weighted by molar-refractivity contribution is 7.89. The molecule has 2 N–H and O–H groups in total. The van der Waals surface area contributed by atoms with Crippen LogP contribution < -0.4 is 5.73 Å². The quantitative estimate of drug-likeness (QED) is 0.802. The van der Waals surface area contributed by atoms with Crippen LogP contribution in [-0.2, 0) is 16.4 Å². The van der Waals surface area contributed by atoms with E-state index in [4.69, 9.17) is 5.73 Å². The number of pyridine rings is 1. The van der Waals surface area contributed by atoms with Gasteiger partial charge in [-0.15, -0.1) is 0 Å². The van der Waals surface area contributed by atoms with Gasteiger partial charge in [0.2, 0.25) is 10.0 Å². The van der Waals surface area contributed by atoms with E-state index in [9.17, 15) is 8.42 Å². The average Bonchev–Trinajstić information content (AvgIpc) is 2.35. The van der Waals surface area contributed by atoms with Gasteiger partial charge in [-0.05, 0) is 25.0 Å². The van der Waals surface area contributed by atoms with Gasteiger partial charge in [0.15, 0.2) is 0 Å². The minimum atomic E-state index is -3.23. The van der Waals surface area contributed by atoms with Gasteiger partial charge in [0.1, 0.15) is 0 Å². The van der Waals surface area contributed by atoms with E-state index < -0.39 is 10.0 Å². The summed E-state index contributed by atoms with van der Waals surface area (Å²) in [6.45, 7) is 0.800. The molecule has 106 valence electrons.